The van der Waals surface area contributed by atoms with Crippen LogP contribution in [-0.2, 0) is 22.5 Å². The van der Waals surface area contributed by atoms with Crippen LogP contribution in [-0.4, -0.2) is 19.1 Å². The summed E-state index contributed by atoms with van der Waals surface area (Å²) in [5.41, 5.74) is 27.0. The molecule has 0 bridgehead atoms. The third-order valence-electron chi connectivity index (χ3n) is 20.6. The Labute approximate surface area is 618 Å². The van der Waals surface area contributed by atoms with Crippen LogP contribution < -0.4 is 10.2 Å². The Hall–Kier alpha value is -11.3. The van der Waals surface area contributed by atoms with Crippen molar-refractivity contribution in [3.05, 3.63) is 294 Å². The van der Waals surface area contributed by atoms with Gasteiger partial charge in [0.25, 0.3) is 0 Å². The van der Waals surface area contributed by atoms with Crippen molar-refractivity contribution in [1.82, 2.24) is 19.1 Å². The molecule has 12 aromatic carbocycles. The Bertz CT molecular complexity index is 5800. The Kier molecular flexibility index (Phi) is 19.2. The molecule has 525 valence electrons. The van der Waals surface area contributed by atoms with Gasteiger partial charge in [0.05, 0.1) is 61.6 Å². The van der Waals surface area contributed by atoms with E-state index < -0.39 is 14.8 Å². The third kappa shape index (κ3) is 12.5. The zero-order valence-electron chi connectivity index (χ0n) is 61.4. The molecule has 1 aliphatic heterocycles. The molecule has 5 aromatic heterocycles. The predicted molar refractivity (Wildman–Crippen MR) is 429 cm³/mol. The molecule has 1 unspecified atom stereocenters. The van der Waals surface area contributed by atoms with E-state index in [9.17, 15) is 0 Å². The van der Waals surface area contributed by atoms with E-state index in [0.717, 1.165) is 122 Å². The number of benzene rings is 12. The minimum absolute atomic E-state index is 0.0703. The third-order valence-corrected chi connectivity index (χ3v) is 20.6. The van der Waals surface area contributed by atoms with Crippen molar-refractivity contribution in [2.24, 2.45) is 0 Å². The maximum absolute atomic E-state index is 8.41. The van der Waals surface area contributed by atoms with Crippen molar-refractivity contribution >= 4 is 105 Å². The second kappa shape index (κ2) is 29.1. The van der Waals surface area contributed by atoms with Gasteiger partial charge in [0.2, 0.25) is 0 Å². The fourth-order valence-electron chi connectivity index (χ4n) is 15.6. The summed E-state index contributed by atoms with van der Waals surface area (Å²) in [5, 5.41) is 10.7. The van der Waals surface area contributed by atoms with E-state index in [1.54, 1.807) is 0 Å². The van der Waals surface area contributed by atoms with E-state index in [-0.39, 0.29) is 6.17 Å². The fraction of sp³-hybridized carbons (Fsp3) is 0.204. The molecule has 11 nitrogen and oxygen atoms in total. The van der Waals surface area contributed by atoms with Crippen molar-refractivity contribution < 1.29 is 35.7 Å². The first kappa shape index (κ1) is 69.4. The van der Waals surface area contributed by atoms with Gasteiger partial charge < -0.3 is 23.5 Å². The number of furan rings is 3. The molecule has 0 aliphatic carbocycles. The van der Waals surface area contributed by atoms with Crippen LogP contribution in [0.4, 0.5) is 17.1 Å². The zero-order chi connectivity index (χ0) is 72.9. The summed E-state index contributed by atoms with van der Waals surface area (Å²) in [5.74, 6) is 4.17. The summed E-state index contributed by atoms with van der Waals surface area (Å²) >= 11 is -1.44. The molecule has 6 heterocycles. The number of nitrogens with zero attached hydrogens (tertiary/aromatic N) is 5. The van der Waals surface area contributed by atoms with Crippen LogP contribution in [0, 0.1) is 0 Å². The monoisotopic (exact) mass is 1420 g/mol. The molecule has 18 rings (SSSR count). The Balaban J connectivity index is 0.000000124. The van der Waals surface area contributed by atoms with Gasteiger partial charge in [0, 0.05) is 37.9 Å². The van der Waals surface area contributed by atoms with Gasteiger partial charge in [-0.3, -0.25) is 9.13 Å². The number of hydrogen-bond acceptors (Lipinski definition) is 9. The molecule has 0 saturated carbocycles. The van der Waals surface area contributed by atoms with Gasteiger partial charge in [-0.1, -0.05) is 271 Å². The number of fused-ring (bicyclic) bond motifs is 12. The number of rotatable bonds is 12. The van der Waals surface area contributed by atoms with Crippen LogP contribution in [0.3, 0.4) is 0 Å². The quantitative estimate of drug-likeness (QED) is 0.119. The summed E-state index contributed by atoms with van der Waals surface area (Å²) in [6, 6.07) is 89.7. The van der Waals surface area contributed by atoms with Crippen LogP contribution in [0.2, 0.25) is 0 Å². The fourth-order valence-corrected chi connectivity index (χ4v) is 15.6. The standard InChI is InChI=1S/C31H30N2O.2C31H28N2O.Mn.2O/c3*1-19(2)21-12-9-13-22(20(3)4)29(21)33-27-17-7-6-16-26(27)32-31(33)25-15-10-14-24-23-11-5-8-18-28(23)34-30(24)25;;;/h5-20,31-32H,1-4H3;2*5-20H,1-4H3;;;. The van der Waals surface area contributed by atoms with E-state index in [1.165, 1.54) is 56.1 Å². The Morgan fingerprint density at radius 1 is 0.333 bits per heavy atom. The average molecular weight is 1420 g/mol. The van der Waals surface area contributed by atoms with Gasteiger partial charge >= 0.3 is 22.5 Å². The summed E-state index contributed by atoms with van der Waals surface area (Å²) in [6.45, 7) is 27.3. The molecule has 0 saturated heterocycles. The molecule has 0 fully saturated rings. The normalized spacial score (nSPS) is 12.9. The molecule has 0 spiro atoms. The van der Waals surface area contributed by atoms with Crippen LogP contribution in [0.25, 0.3) is 122 Å². The molecule has 1 aliphatic rings. The number of aromatic nitrogens is 4. The molecule has 0 radical (unpaired) electrons. The molecular weight excluding hydrogens is 1340 g/mol. The Morgan fingerprint density at radius 3 is 1.06 bits per heavy atom. The van der Waals surface area contributed by atoms with E-state index in [2.05, 4.69) is 327 Å². The number of para-hydroxylation sites is 15. The van der Waals surface area contributed by atoms with Crippen molar-refractivity contribution in [1.29, 1.82) is 0 Å². The molecule has 1 atom stereocenters. The predicted octanol–water partition coefficient (Wildman–Crippen LogP) is 26.5. The molecule has 12 heteroatoms. The van der Waals surface area contributed by atoms with Crippen molar-refractivity contribution in [3.63, 3.8) is 0 Å². The minimum atomic E-state index is -1.44. The SMILES string of the molecule is CC(C)c1cccc(C(C)C)c1-n1c(-c2cccc3c2oc2ccccc23)nc2ccccc21.CC(C)c1cccc(C(C)C)c1-n1c(-c2cccc3c2oc2ccccc23)nc2ccccc21.CC(C)c1cccc(C(C)C)c1N1c2ccccc2NC1c1cccc2c1oc1ccccc12.[O]=[Mn]=[O]. The number of anilines is 3. The van der Waals surface area contributed by atoms with E-state index >= 15 is 0 Å². The van der Waals surface area contributed by atoms with Crippen molar-refractivity contribution in [2.75, 3.05) is 10.2 Å². The van der Waals surface area contributed by atoms with Crippen molar-refractivity contribution in [3.8, 4) is 34.2 Å². The second-order valence-corrected chi connectivity index (χ2v) is 29.4. The van der Waals surface area contributed by atoms with E-state index in [1.807, 2.05) is 30.3 Å². The molecular formula is C93H86MnN6O5. The number of imidazole rings is 2. The first-order valence-electron chi connectivity index (χ1n) is 36.6. The summed E-state index contributed by atoms with van der Waals surface area (Å²) in [4.78, 5) is 12.9. The van der Waals surface area contributed by atoms with Gasteiger partial charge in [-0.05, 0) is 136 Å². The zero-order valence-corrected chi connectivity index (χ0v) is 62.6. The average Bonchev–Trinajstić information content (AvgIpc) is 1.61. The van der Waals surface area contributed by atoms with Gasteiger partial charge in [-0.15, -0.1) is 0 Å². The number of hydrogen-bond donors (Lipinski definition) is 1. The molecule has 105 heavy (non-hydrogen) atoms. The molecule has 17 aromatic rings. The summed E-state index contributed by atoms with van der Waals surface area (Å²) in [6.07, 6.45) is -0.0703. The van der Waals surface area contributed by atoms with Gasteiger partial charge in [0.15, 0.2) is 0 Å². The van der Waals surface area contributed by atoms with E-state index in [0.29, 0.717) is 35.5 Å². The van der Waals surface area contributed by atoms with Crippen LogP contribution in [0.5, 0.6) is 0 Å². The van der Waals surface area contributed by atoms with Gasteiger partial charge in [0.1, 0.15) is 51.3 Å². The first-order valence-corrected chi connectivity index (χ1v) is 37.6. The number of nitrogens with one attached hydrogen (secondary N) is 1. The first-order chi connectivity index (χ1) is 51.0. The topological polar surface area (TPSA) is 124 Å². The Morgan fingerprint density at radius 2 is 0.648 bits per heavy atom. The second-order valence-electron chi connectivity index (χ2n) is 29.2. The molecule has 1 N–H and O–H groups in total. The summed E-state index contributed by atoms with van der Waals surface area (Å²) in [7, 11) is 0. The van der Waals surface area contributed by atoms with Crippen LogP contribution in [0.1, 0.15) is 164 Å². The molecule has 0 amide bonds. The van der Waals surface area contributed by atoms with Crippen molar-refractivity contribution in [2.45, 2.75) is 125 Å². The van der Waals surface area contributed by atoms with E-state index in [4.69, 9.17) is 30.9 Å². The van der Waals surface area contributed by atoms with Gasteiger partial charge in [-0.25, -0.2) is 9.97 Å². The van der Waals surface area contributed by atoms with Crippen LogP contribution in [0.15, 0.2) is 268 Å². The van der Waals surface area contributed by atoms with Crippen LogP contribution >= 0.6 is 0 Å². The van der Waals surface area contributed by atoms with Gasteiger partial charge in [-0.2, -0.15) is 0 Å². The summed E-state index contributed by atoms with van der Waals surface area (Å²) < 4.78 is 40.9. The maximum atomic E-state index is 8.41.